The van der Waals surface area contributed by atoms with Crippen LogP contribution in [0.3, 0.4) is 0 Å². The van der Waals surface area contributed by atoms with Crippen molar-refractivity contribution < 1.29 is 24.0 Å². The topological polar surface area (TPSA) is 133 Å². The van der Waals surface area contributed by atoms with Crippen LogP contribution in [-0.2, 0) is 17.8 Å². The van der Waals surface area contributed by atoms with Crippen LogP contribution in [0.5, 0.6) is 5.75 Å². The first-order chi connectivity index (χ1) is 19.1. The number of fused-ring (bicyclic) bond motifs is 1. The van der Waals surface area contributed by atoms with Gasteiger partial charge in [-0.3, -0.25) is 14.7 Å². The Morgan fingerprint density at radius 1 is 1.23 bits per heavy atom. The molecule has 0 spiro atoms. The number of carbonyl (C=O) groups excluding carboxylic acids is 2. The molecule has 1 aliphatic rings. The Morgan fingerprint density at radius 3 is 2.65 bits per heavy atom. The van der Waals surface area contributed by atoms with E-state index in [9.17, 15) is 14.7 Å². The second kappa shape index (κ2) is 12.9. The molecule has 0 saturated carbocycles. The summed E-state index contributed by atoms with van der Waals surface area (Å²) in [5, 5.41) is 19.3. The number of carbonyl (C=O) groups is 2. The monoisotopic (exact) mass is 550 g/mol. The molecule has 1 aromatic carbocycles. The van der Waals surface area contributed by atoms with Crippen molar-refractivity contribution in [3.63, 3.8) is 0 Å². The fraction of sp³-hybridized carbons (Fsp3) is 0.448. The number of anilines is 2. The molecule has 3 atom stereocenters. The predicted molar refractivity (Wildman–Crippen MR) is 151 cm³/mol. The third-order valence-corrected chi connectivity index (χ3v) is 7.14. The Kier molecular flexibility index (Phi) is 9.38. The molecular weight excluding hydrogens is 512 g/mol. The van der Waals surface area contributed by atoms with Gasteiger partial charge >= 0.3 is 6.03 Å². The average Bonchev–Trinajstić information content (AvgIpc) is 3.25. The van der Waals surface area contributed by atoms with E-state index in [1.165, 1.54) is 0 Å². The van der Waals surface area contributed by atoms with Gasteiger partial charge < -0.3 is 29.9 Å². The molecule has 3 N–H and O–H groups in total. The van der Waals surface area contributed by atoms with E-state index in [2.05, 4.69) is 32.6 Å². The standard InChI is InChI=1S/C29H38N6O5/c1-18-14-35(19(2)17-36)27(37)13-23-12-24(31-29(38)32-28-20(3)33-40-21(28)4)6-7-25(23)39-26(18)16-34(5)15-22-8-10-30-11-9-22/h6-12,18-19,26,36H,13-17H2,1-5H3,(H2,31,32,38)/t18-,19+,26-/m1/s1. The normalized spacial score (nSPS) is 18.3. The van der Waals surface area contributed by atoms with Crippen LogP contribution in [0.4, 0.5) is 16.2 Å². The van der Waals surface area contributed by atoms with Crippen LogP contribution in [0.15, 0.2) is 47.2 Å². The van der Waals surface area contributed by atoms with Crippen molar-refractivity contribution in [2.24, 2.45) is 5.92 Å². The summed E-state index contributed by atoms with van der Waals surface area (Å²) < 4.78 is 11.7. The number of rotatable bonds is 8. The largest absolute Gasteiger partial charge is 0.488 e. The average molecular weight is 551 g/mol. The molecule has 0 bridgehead atoms. The molecule has 0 radical (unpaired) electrons. The van der Waals surface area contributed by atoms with Crippen LogP contribution in [0, 0.1) is 19.8 Å². The second-order valence-corrected chi connectivity index (χ2v) is 10.5. The van der Waals surface area contributed by atoms with E-state index in [0.717, 1.165) is 12.1 Å². The molecule has 11 nitrogen and oxygen atoms in total. The number of amides is 3. The van der Waals surface area contributed by atoms with Gasteiger partial charge in [0.05, 0.1) is 19.1 Å². The highest BCUT2D eigenvalue weighted by atomic mass is 16.5. The van der Waals surface area contributed by atoms with Crippen LogP contribution < -0.4 is 15.4 Å². The minimum Gasteiger partial charge on any atom is -0.488 e. The zero-order valence-electron chi connectivity index (χ0n) is 23.7. The van der Waals surface area contributed by atoms with Gasteiger partial charge in [-0.2, -0.15) is 0 Å². The molecular formula is C29H38N6O5. The number of urea groups is 1. The van der Waals surface area contributed by atoms with Gasteiger partial charge in [0.1, 0.15) is 23.2 Å². The van der Waals surface area contributed by atoms with Crippen LogP contribution >= 0.6 is 0 Å². The third-order valence-electron chi connectivity index (χ3n) is 7.14. The zero-order valence-corrected chi connectivity index (χ0v) is 23.7. The van der Waals surface area contributed by atoms with E-state index in [0.29, 0.717) is 47.2 Å². The number of nitrogens with zero attached hydrogens (tertiary/aromatic N) is 4. The maximum absolute atomic E-state index is 13.4. The van der Waals surface area contributed by atoms with Gasteiger partial charge in [-0.15, -0.1) is 0 Å². The number of aliphatic hydroxyl groups is 1. The number of ether oxygens (including phenoxy) is 1. The molecule has 3 aromatic rings. The van der Waals surface area contributed by atoms with E-state index in [1.807, 2.05) is 26.1 Å². The van der Waals surface area contributed by atoms with Crippen molar-refractivity contribution in [2.75, 3.05) is 37.4 Å². The van der Waals surface area contributed by atoms with E-state index in [-0.39, 0.29) is 37.0 Å². The summed E-state index contributed by atoms with van der Waals surface area (Å²) in [5.74, 6) is 0.981. The van der Waals surface area contributed by atoms with Gasteiger partial charge in [-0.05, 0) is 63.7 Å². The quantitative estimate of drug-likeness (QED) is 0.387. The van der Waals surface area contributed by atoms with E-state index in [1.54, 1.807) is 49.3 Å². The number of aromatic nitrogens is 2. The van der Waals surface area contributed by atoms with Crippen LogP contribution in [0.25, 0.3) is 0 Å². The summed E-state index contributed by atoms with van der Waals surface area (Å²) in [6.45, 7) is 9.03. The number of nitrogens with one attached hydrogen (secondary N) is 2. The van der Waals surface area contributed by atoms with Crippen molar-refractivity contribution in [3.05, 3.63) is 65.3 Å². The minimum absolute atomic E-state index is 0.0116. The molecule has 0 fully saturated rings. The predicted octanol–water partition coefficient (Wildman–Crippen LogP) is 3.61. The third kappa shape index (κ3) is 7.16. The number of pyridine rings is 1. The molecule has 3 amide bonds. The first kappa shape index (κ1) is 29.0. The fourth-order valence-corrected chi connectivity index (χ4v) is 4.83. The molecule has 214 valence electrons. The smallest absolute Gasteiger partial charge is 0.323 e. The summed E-state index contributed by atoms with van der Waals surface area (Å²) >= 11 is 0. The number of benzene rings is 1. The molecule has 3 heterocycles. The van der Waals surface area contributed by atoms with Gasteiger partial charge in [-0.1, -0.05) is 12.1 Å². The minimum atomic E-state index is -0.454. The number of aliphatic hydroxyl groups excluding tert-OH is 1. The van der Waals surface area contributed by atoms with Crippen molar-refractivity contribution >= 4 is 23.3 Å². The Morgan fingerprint density at radius 2 is 1.98 bits per heavy atom. The first-order valence-electron chi connectivity index (χ1n) is 13.4. The van der Waals surface area contributed by atoms with Crippen molar-refractivity contribution in [3.8, 4) is 5.75 Å². The molecule has 0 aliphatic carbocycles. The van der Waals surface area contributed by atoms with Crippen LogP contribution in [0.2, 0.25) is 0 Å². The van der Waals surface area contributed by atoms with Crippen LogP contribution in [-0.4, -0.2) is 75.9 Å². The number of hydrogen-bond donors (Lipinski definition) is 3. The van der Waals surface area contributed by atoms with Gasteiger partial charge in [0, 0.05) is 49.2 Å². The fourth-order valence-electron chi connectivity index (χ4n) is 4.83. The lowest BCUT2D eigenvalue weighted by Gasteiger charge is -2.34. The van der Waals surface area contributed by atoms with E-state index >= 15 is 0 Å². The molecule has 0 unspecified atom stereocenters. The summed E-state index contributed by atoms with van der Waals surface area (Å²) in [6.07, 6.45) is 3.40. The maximum Gasteiger partial charge on any atom is 0.323 e. The summed E-state index contributed by atoms with van der Waals surface area (Å²) in [4.78, 5) is 34.2. The zero-order chi connectivity index (χ0) is 28.8. The first-order valence-corrected chi connectivity index (χ1v) is 13.4. The Bertz CT molecular complexity index is 1290. The van der Waals surface area contributed by atoms with Crippen molar-refractivity contribution in [2.45, 2.75) is 52.8 Å². The summed E-state index contributed by atoms with van der Waals surface area (Å²) in [7, 11) is 2.04. The lowest BCUT2D eigenvalue weighted by molar-refractivity contribution is -0.134. The molecule has 11 heteroatoms. The van der Waals surface area contributed by atoms with Crippen molar-refractivity contribution in [1.29, 1.82) is 0 Å². The van der Waals surface area contributed by atoms with E-state index in [4.69, 9.17) is 9.26 Å². The Labute approximate surface area is 234 Å². The molecule has 0 saturated heterocycles. The lowest BCUT2D eigenvalue weighted by atomic mass is 10.0. The number of likely N-dealkylation sites (N-methyl/N-ethyl adjacent to an activating group) is 1. The summed E-state index contributed by atoms with van der Waals surface area (Å²) in [5.41, 5.74) is 3.41. The Balaban J connectivity index is 1.57. The molecule has 2 aromatic heterocycles. The highest BCUT2D eigenvalue weighted by Gasteiger charge is 2.31. The Hall–Kier alpha value is -3.96. The maximum atomic E-state index is 13.4. The number of aryl methyl sites for hydroxylation is 2. The van der Waals surface area contributed by atoms with Crippen molar-refractivity contribution in [1.82, 2.24) is 19.9 Å². The molecule has 1 aliphatic heterocycles. The lowest BCUT2D eigenvalue weighted by Crippen LogP contribution is -2.47. The molecule has 4 rings (SSSR count). The van der Waals surface area contributed by atoms with Gasteiger partial charge in [-0.25, -0.2) is 4.79 Å². The van der Waals surface area contributed by atoms with Gasteiger partial charge in [0.2, 0.25) is 5.91 Å². The number of hydrogen-bond acceptors (Lipinski definition) is 8. The summed E-state index contributed by atoms with van der Waals surface area (Å²) in [6, 6.07) is 8.48. The highest BCUT2D eigenvalue weighted by molar-refractivity contribution is 6.00. The molecule has 40 heavy (non-hydrogen) atoms. The van der Waals surface area contributed by atoms with Gasteiger partial charge in [0.15, 0.2) is 5.76 Å². The van der Waals surface area contributed by atoms with Gasteiger partial charge in [0.25, 0.3) is 0 Å². The van der Waals surface area contributed by atoms with Crippen LogP contribution in [0.1, 0.15) is 36.4 Å². The van der Waals surface area contributed by atoms with E-state index < -0.39 is 6.03 Å². The highest BCUT2D eigenvalue weighted by Crippen LogP contribution is 2.29. The second-order valence-electron chi connectivity index (χ2n) is 10.5. The SMILES string of the molecule is Cc1noc(C)c1NC(=O)Nc1ccc2c(c1)CC(=O)N([C@@H](C)CO)C[C@@H](C)[C@@H](CN(C)Cc1ccncc1)O2.